The molecule has 1 aliphatic carbocycles. The lowest BCUT2D eigenvalue weighted by atomic mass is 9.95. The number of aromatic nitrogens is 2. The summed E-state index contributed by atoms with van der Waals surface area (Å²) >= 11 is 0. The van der Waals surface area contributed by atoms with Crippen LogP contribution in [0.4, 0.5) is 0 Å². The second-order valence-corrected chi connectivity index (χ2v) is 7.28. The minimum Gasteiger partial charge on any atom is -0.399 e. The topological polar surface area (TPSA) is 80.8 Å². The van der Waals surface area contributed by atoms with Crippen LogP contribution in [0.2, 0.25) is 0 Å². The number of rotatable bonds is 4. The van der Waals surface area contributed by atoms with Crippen molar-refractivity contribution in [1.82, 2.24) is 15.0 Å². The van der Waals surface area contributed by atoms with Crippen molar-refractivity contribution in [3.05, 3.63) is 71.4 Å². The standard InChI is InChI=1S/C22H24N4O3.C2H6/c1-15-23-21(25-29-15)20-13-19(24-28-2)14-26(20)22(27)18-10-6-9-17(11-12-18)16-7-4-3-5-8-16;1-2/h3-5,7-8,10-12,17,20H,6,9,13-14H2,1-2H3;1-2H3. The highest BCUT2D eigenvalue weighted by Gasteiger charge is 2.38. The number of amides is 1. The number of nitrogens with zero attached hydrogens (tertiary/aromatic N) is 4. The smallest absolute Gasteiger partial charge is 0.254 e. The highest BCUT2D eigenvalue weighted by Crippen LogP contribution is 2.32. The molecular formula is C24H30N4O3. The fourth-order valence-electron chi connectivity index (χ4n) is 3.90. The Kier molecular flexibility index (Phi) is 7.76. The van der Waals surface area contributed by atoms with Gasteiger partial charge in [0.1, 0.15) is 13.2 Å². The Labute approximate surface area is 183 Å². The minimum atomic E-state index is -0.309. The van der Waals surface area contributed by atoms with E-state index in [0.29, 0.717) is 36.2 Å². The number of hydrogen-bond acceptors (Lipinski definition) is 6. The first-order chi connectivity index (χ1) is 15.2. The van der Waals surface area contributed by atoms with Crippen molar-refractivity contribution in [2.45, 2.75) is 52.0 Å². The largest absolute Gasteiger partial charge is 0.399 e. The van der Waals surface area contributed by atoms with Gasteiger partial charge in [-0.3, -0.25) is 4.79 Å². The van der Waals surface area contributed by atoms with E-state index in [1.807, 2.05) is 44.2 Å². The van der Waals surface area contributed by atoms with Crippen LogP contribution in [0.25, 0.3) is 0 Å². The van der Waals surface area contributed by atoms with E-state index < -0.39 is 0 Å². The van der Waals surface area contributed by atoms with E-state index in [9.17, 15) is 4.79 Å². The molecule has 1 aliphatic heterocycles. The monoisotopic (exact) mass is 422 g/mol. The first kappa shape index (κ1) is 22.5. The van der Waals surface area contributed by atoms with Gasteiger partial charge in [0.25, 0.3) is 5.91 Å². The Morgan fingerprint density at radius 3 is 2.71 bits per heavy atom. The molecule has 4 rings (SSSR count). The van der Waals surface area contributed by atoms with E-state index in [4.69, 9.17) is 9.36 Å². The molecule has 1 fully saturated rings. The third-order valence-electron chi connectivity index (χ3n) is 5.31. The molecule has 1 aromatic carbocycles. The van der Waals surface area contributed by atoms with Crippen molar-refractivity contribution in [1.29, 1.82) is 0 Å². The van der Waals surface area contributed by atoms with Gasteiger partial charge in [-0.1, -0.05) is 72.7 Å². The van der Waals surface area contributed by atoms with Gasteiger partial charge < -0.3 is 14.3 Å². The van der Waals surface area contributed by atoms with Gasteiger partial charge in [-0.25, -0.2) is 0 Å². The van der Waals surface area contributed by atoms with Crippen LogP contribution in [0, 0.1) is 6.92 Å². The zero-order chi connectivity index (χ0) is 22.2. The minimum absolute atomic E-state index is 0.0521. The molecule has 2 heterocycles. The summed E-state index contributed by atoms with van der Waals surface area (Å²) in [6.07, 6.45) is 8.43. The zero-order valence-corrected chi connectivity index (χ0v) is 18.6. The number of carbonyl (C=O) groups excluding carboxylic acids is 1. The third-order valence-corrected chi connectivity index (χ3v) is 5.31. The van der Waals surface area contributed by atoms with E-state index in [1.54, 1.807) is 11.8 Å². The van der Waals surface area contributed by atoms with E-state index in [-0.39, 0.29) is 11.9 Å². The SMILES string of the molecule is CC.CON=C1CC(c2noc(C)n2)N(C(=O)C2=CCCC(c3ccccc3)C=C2)C1. The Morgan fingerprint density at radius 2 is 2.03 bits per heavy atom. The summed E-state index contributed by atoms with van der Waals surface area (Å²) in [5.74, 6) is 1.22. The molecule has 1 saturated heterocycles. The maximum absolute atomic E-state index is 13.4. The highest BCUT2D eigenvalue weighted by atomic mass is 16.6. The first-order valence-electron chi connectivity index (χ1n) is 10.8. The predicted molar refractivity (Wildman–Crippen MR) is 120 cm³/mol. The van der Waals surface area contributed by atoms with Gasteiger partial charge in [-0.15, -0.1) is 0 Å². The van der Waals surface area contributed by atoms with Crippen molar-refractivity contribution >= 4 is 11.6 Å². The maximum atomic E-state index is 13.4. The molecule has 164 valence electrons. The summed E-state index contributed by atoms with van der Waals surface area (Å²) in [7, 11) is 1.51. The molecule has 0 saturated carbocycles. The molecule has 1 aromatic heterocycles. The molecule has 2 unspecified atom stereocenters. The Balaban J connectivity index is 0.00000132. The van der Waals surface area contributed by atoms with Crippen LogP contribution in [-0.4, -0.2) is 40.3 Å². The molecule has 1 amide bonds. The Hall–Kier alpha value is -3.22. The molecule has 0 radical (unpaired) electrons. The summed E-state index contributed by atoms with van der Waals surface area (Å²) in [6, 6.07) is 10.1. The van der Waals surface area contributed by atoms with Gasteiger partial charge in [0.2, 0.25) is 5.89 Å². The van der Waals surface area contributed by atoms with E-state index in [2.05, 4.69) is 33.5 Å². The van der Waals surface area contributed by atoms with Crippen molar-refractivity contribution in [2.24, 2.45) is 5.16 Å². The lowest BCUT2D eigenvalue weighted by molar-refractivity contribution is -0.127. The fourth-order valence-corrected chi connectivity index (χ4v) is 3.90. The Morgan fingerprint density at radius 1 is 1.26 bits per heavy atom. The summed E-state index contributed by atoms with van der Waals surface area (Å²) in [4.78, 5) is 24.4. The van der Waals surface area contributed by atoms with Gasteiger partial charge in [-0.2, -0.15) is 4.98 Å². The average molecular weight is 423 g/mol. The predicted octanol–water partition coefficient (Wildman–Crippen LogP) is 4.74. The summed E-state index contributed by atoms with van der Waals surface area (Å²) in [6.45, 7) is 6.13. The van der Waals surface area contributed by atoms with Crippen LogP contribution in [0.5, 0.6) is 0 Å². The van der Waals surface area contributed by atoms with E-state index >= 15 is 0 Å². The van der Waals surface area contributed by atoms with Crippen molar-refractivity contribution in [2.75, 3.05) is 13.7 Å². The average Bonchev–Trinajstić information content (AvgIpc) is 3.34. The summed E-state index contributed by atoms with van der Waals surface area (Å²) in [5, 5.41) is 8.08. The Bertz CT molecular complexity index is 962. The number of hydrogen-bond donors (Lipinski definition) is 0. The second kappa shape index (κ2) is 10.7. The summed E-state index contributed by atoms with van der Waals surface area (Å²) in [5.41, 5.74) is 2.74. The van der Waals surface area contributed by atoms with Crippen LogP contribution in [0.3, 0.4) is 0 Å². The van der Waals surface area contributed by atoms with Gasteiger partial charge >= 0.3 is 0 Å². The van der Waals surface area contributed by atoms with Crippen molar-refractivity contribution < 1.29 is 14.2 Å². The quantitative estimate of drug-likeness (QED) is 0.665. The molecule has 2 aromatic rings. The lowest BCUT2D eigenvalue weighted by Gasteiger charge is -2.22. The number of likely N-dealkylation sites (tertiary alicyclic amines) is 1. The number of carbonyl (C=O) groups is 1. The molecule has 0 bridgehead atoms. The number of oxime groups is 1. The molecule has 0 spiro atoms. The fraction of sp³-hybridized carbons (Fsp3) is 0.417. The third kappa shape index (κ3) is 5.29. The van der Waals surface area contributed by atoms with Crippen LogP contribution in [0.15, 0.2) is 63.8 Å². The molecule has 7 nitrogen and oxygen atoms in total. The number of benzene rings is 1. The maximum Gasteiger partial charge on any atom is 0.254 e. The number of allylic oxidation sites excluding steroid dienone is 2. The highest BCUT2D eigenvalue weighted by molar-refractivity contribution is 6.01. The molecule has 0 N–H and O–H groups in total. The summed E-state index contributed by atoms with van der Waals surface area (Å²) < 4.78 is 5.13. The van der Waals surface area contributed by atoms with Crippen LogP contribution in [-0.2, 0) is 9.63 Å². The van der Waals surface area contributed by atoms with Gasteiger partial charge in [0, 0.05) is 24.8 Å². The molecule has 2 aliphatic rings. The second-order valence-electron chi connectivity index (χ2n) is 7.28. The molecule has 2 atom stereocenters. The number of aryl methyl sites for hydroxylation is 1. The van der Waals surface area contributed by atoms with Gasteiger partial charge in [-0.05, 0) is 18.4 Å². The lowest BCUT2D eigenvalue weighted by Crippen LogP contribution is -2.32. The normalized spacial score (nSPS) is 21.9. The molecule has 7 heteroatoms. The first-order valence-corrected chi connectivity index (χ1v) is 10.8. The van der Waals surface area contributed by atoms with Gasteiger partial charge in [0.05, 0.1) is 12.3 Å². The molecule has 31 heavy (non-hydrogen) atoms. The van der Waals surface area contributed by atoms with Crippen molar-refractivity contribution in [3.8, 4) is 0 Å². The van der Waals surface area contributed by atoms with Crippen LogP contribution < -0.4 is 0 Å². The van der Waals surface area contributed by atoms with Crippen molar-refractivity contribution in [3.63, 3.8) is 0 Å². The molecular weight excluding hydrogens is 392 g/mol. The van der Waals surface area contributed by atoms with Crippen LogP contribution in [0.1, 0.15) is 62.3 Å². The van der Waals surface area contributed by atoms with E-state index in [0.717, 1.165) is 18.6 Å². The van der Waals surface area contributed by atoms with E-state index in [1.165, 1.54) is 12.7 Å². The van der Waals surface area contributed by atoms with Crippen LogP contribution >= 0.6 is 0 Å². The van der Waals surface area contributed by atoms with Gasteiger partial charge in [0.15, 0.2) is 5.82 Å². The zero-order valence-electron chi connectivity index (χ0n) is 18.6.